The molecular weight excluding hydrogens is 380 g/mol. The number of carbonyl (C=O) groups excluding carboxylic acids is 1. The fourth-order valence-corrected chi connectivity index (χ4v) is 3.50. The highest BCUT2D eigenvalue weighted by molar-refractivity contribution is 5.81. The smallest absolute Gasteiger partial charge is 0.303 e. The second-order valence-corrected chi connectivity index (χ2v) is 7.50. The summed E-state index contributed by atoms with van der Waals surface area (Å²) in [6, 6.07) is -0.597. The first-order chi connectivity index (χ1) is 13.8. The number of nitrogens with one attached hydrogen (secondary N) is 1. The Kier molecular flexibility index (Phi) is 11.6. The Morgan fingerprint density at radius 3 is 2.48 bits per heavy atom. The minimum Gasteiger partial charge on any atom is -0.481 e. The number of rotatable bonds is 13. The van der Waals surface area contributed by atoms with Crippen molar-refractivity contribution in [2.45, 2.75) is 70.3 Å². The van der Waals surface area contributed by atoms with E-state index < -0.39 is 17.0 Å². The van der Waals surface area contributed by atoms with Crippen LogP contribution in [0.5, 0.6) is 0 Å². The molecule has 0 aliphatic carbocycles. The van der Waals surface area contributed by atoms with E-state index in [1.807, 2.05) is 4.90 Å². The molecule has 0 radical (unpaired) electrons. The zero-order valence-corrected chi connectivity index (χ0v) is 16.9. The minimum absolute atomic E-state index is 0.0579. The highest BCUT2D eigenvalue weighted by Crippen LogP contribution is 2.23. The molecule has 11 heteroatoms. The summed E-state index contributed by atoms with van der Waals surface area (Å²) in [6.45, 7) is 1.70. The Labute approximate surface area is 171 Å². The SMILES string of the molecule is NC(=NCCC[C@H](N)C(=O)N1CCC(CCCCCCC(=O)O)CC1)N[N+](=O)[O-]. The summed E-state index contributed by atoms with van der Waals surface area (Å²) in [6.07, 6.45) is 8.14. The number of hydrazine groups is 1. The standard InChI is InChI=1S/C18H34N6O5/c19-15(7-5-11-21-18(20)22-24(28)29)17(27)23-12-9-14(10-13-23)6-3-1-2-4-8-16(25)26/h14-15H,1-13,19H2,(H,25,26)(H3,20,21,22)/t15-/m0/s1. The molecule has 1 atom stereocenters. The van der Waals surface area contributed by atoms with E-state index in [1.165, 1.54) is 0 Å². The number of carboxylic acid groups (broad SMARTS) is 1. The molecule has 11 nitrogen and oxygen atoms in total. The van der Waals surface area contributed by atoms with Crippen LogP contribution in [-0.4, -0.2) is 58.6 Å². The molecule has 6 N–H and O–H groups in total. The number of amides is 1. The molecule has 1 rings (SSSR count). The maximum atomic E-state index is 12.5. The molecule has 1 saturated heterocycles. The van der Waals surface area contributed by atoms with Gasteiger partial charge in [-0.1, -0.05) is 31.1 Å². The number of hydrogen-bond acceptors (Lipinski definition) is 6. The van der Waals surface area contributed by atoms with Gasteiger partial charge in [-0.15, -0.1) is 0 Å². The number of nitrogens with zero attached hydrogens (tertiary/aromatic N) is 3. The second-order valence-electron chi connectivity index (χ2n) is 7.50. The van der Waals surface area contributed by atoms with E-state index in [-0.39, 0.29) is 24.8 Å². The van der Waals surface area contributed by atoms with Crippen LogP contribution in [0.25, 0.3) is 0 Å². The van der Waals surface area contributed by atoms with Crippen molar-refractivity contribution in [2.75, 3.05) is 19.6 Å². The third kappa shape index (κ3) is 11.2. The van der Waals surface area contributed by atoms with Crippen LogP contribution in [0.1, 0.15) is 64.2 Å². The Morgan fingerprint density at radius 2 is 1.86 bits per heavy atom. The molecule has 0 bridgehead atoms. The van der Waals surface area contributed by atoms with Gasteiger partial charge in [-0.2, -0.15) is 0 Å². The molecule has 0 unspecified atom stereocenters. The van der Waals surface area contributed by atoms with Gasteiger partial charge in [0, 0.05) is 26.1 Å². The first-order valence-electron chi connectivity index (χ1n) is 10.3. The first kappa shape index (κ1) is 24.6. The van der Waals surface area contributed by atoms with Crippen molar-refractivity contribution >= 4 is 17.8 Å². The fourth-order valence-electron chi connectivity index (χ4n) is 3.50. The van der Waals surface area contributed by atoms with Gasteiger partial charge in [-0.25, -0.2) is 15.1 Å². The molecule has 1 heterocycles. The van der Waals surface area contributed by atoms with Crippen LogP contribution in [0.2, 0.25) is 0 Å². The molecule has 1 aliphatic rings. The maximum absolute atomic E-state index is 12.5. The number of likely N-dealkylation sites (tertiary alicyclic amines) is 1. The highest BCUT2D eigenvalue weighted by atomic mass is 16.7. The minimum atomic E-state index is -0.781. The lowest BCUT2D eigenvalue weighted by Gasteiger charge is -2.33. The summed E-state index contributed by atoms with van der Waals surface area (Å²) in [5.74, 6) is -0.443. The molecule has 1 aliphatic heterocycles. The van der Waals surface area contributed by atoms with Gasteiger partial charge in [0.05, 0.1) is 6.04 Å². The summed E-state index contributed by atoms with van der Waals surface area (Å²) < 4.78 is 0. The lowest BCUT2D eigenvalue weighted by atomic mass is 9.90. The summed E-state index contributed by atoms with van der Waals surface area (Å²) in [4.78, 5) is 38.8. The van der Waals surface area contributed by atoms with Crippen LogP contribution in [0, 0.1) is 16.0 Å². The lowest BCUT2D eigenvalue weighted by Crippen LogP contribution is -2.47. The average Bonchev–Trinajstić information content (AvgIpc) is 2.67. The van der Waals surface area contributed by atoms with Gasteiger partial charge in [0.25, 0.3) is 5.96 Å². The number of guanidine groups is 1. The van der Waals surface area contributed by atoms with Gasteiger partial charge >= 0.3 is 5.97 Å². The number of aliphatic imine (C=N–C) groups is 1. The van der Waals surface area contributed by atoms with Gasteiger partial charge < -0.3 is 21.5 Å². The number of nitro groups is 1. The molecule has 1 amide bonds. The van der Waals surface area contributed by atoms with Gasteiger partial charge in [0.15, 0.2) is 5.03 Å². The van der Waals surface area contributed by atoms with Gasteiger partial charge in [0.2, 0.25) is 5.91 Å². The zero-order valence-electron chi connectivity index (χ0n) is 16.9. The summed E-state index contributed by atoms with van der Waals surface area (Å²) in [7, 11) is 0. The van der Waals surface area contributed by atoms with Crippen LogP contribution in [0.3, 0.4) is 0 Å². The largest absolute Gasteiger partial charge is 0.481 e. The Hall–Kier alpha value is -2.43. The molecule has 0 aromatic rings. The number of carbonyl (C=O) groups is 2. The van der Waals surface area contributed by atoms with Crippen molar-refractivity contribution in [1.82, 2.24) is 10.3 Å². The van der Waals surface area contributed by atoms with Crippen LogP contribution in [0.15, 0.2) is 4.99 Å². The topological polar surface area (TPSA) is 177 Å². The summed E-state index contributed by atoms with van der Waals surface area (Å²) >= 11 is 0. The van der Waals surface area contributed by atoms with Crippen molar-refractivity contribution in [1.29, 1.82) is 0 Å². The third-order valence-electron chi connectivity index (χ3n) is 5.16. The number of unbranched alkanes of at least 4 members (excludes halogenated alkanes) is 3. The Balaban J connectivity index is 2.16. The average molecular weight is 415 g/mol. The van der Waals surface area contributed by atoms with E-state index in [4.69, 9.17) is 16.6 Å². The highest BCUT2D eigenvalue weighted by Gasteiger charge is 2.25. The van der Waals surface area contributed by atoms with Crippen molar-refractivity contribution in [3.63, 3.8) is 0 Å². The number of piperidine rings is 1. The van der Waals surface area contributed by atoms with Gasteiger partial charge in [-0.3, -0.25) is 9.59 Å². The lowest BCUT2D eigenvalue weighted by molar-refractivity contribution is -0.525. The number of aliphatic carboxylic acids is 1. The van der Waals surface area contributed by atoms with Crippen molar-refractivity contribution in [2.24, 2.45) is 22.4 Å². The molecule has 0 aromatic carbocycles. The molecule has 166 valence electrons. The van der Waals surface area contributed by atoms with Crippen LogP contribution >= 0.6 is 0 Å². The Bertz CT molecular complexity index is 563. The van der Waals surface area contributed by atoms with E-state index in [2.05, 4.69) is 4.99 Å². The third-order valence-corrected chi connectivity index (χ3v) is 5.16. The summed E-state index contributed by atoms with van der Waals surface area (Å²) in [5, 5.41) is 18.0. The van der Waals surface area contributed by atoms with E-state index in [1.54, 1.807) is 5.43 Å². The van der Waals surface area contributed by atoms with Crippen LogP contribution in [0.4, 0.5) is 0 Å². The number of hydrogen-bond donors (Lipinski definition) is 4. The van der Waals surface area contributed by atoms with Gasteiger partial charge in [-0.05, 0) is 38.0 Å². The molecule has 1 fully saturated rings. The van der Waals surface area contributed by atoms with Crippen LogP contribution in [-0.2, 0) is 9.59 Å². The normalized spacial score (nSPS) is 16.4. The molecule has 0 saturated carbocycles. The zero-order chi connectivity index (χ0) is 21.6. The molecule has 0 aromatic heterocycles. The Morgan fingerprint density at radius 1 is 1.21 bits per heavy atom. The number of nitrogens with two attached hydrogens (primary N) is 2. The number of carboxylic acids is 1. The fraction of sp³-hybridized carbons (Fsp3) is 0.833. The van der Waals surface area contributed by atoms with E-state index in [0.29, 0.717) is 31.8 Å². The maximum Gasteiger partial charge on any atom is 0.303 e. The quantitative estimate of drug-likeness (QED) is 0.113. The van der Waals surface area contributed by atoms with Crippen molar-refractivity contribution < 1.29 is 19.7 Å². The monoisotopic (exact) mass is 414 g/mol. The van der Waals surface area contributed by atoms with Gasteiger partial charge in [0.1, 0.15) is 0 Å². The van der Waals surface area contributed by atoms with Crippen molar-refractivity contribution in [3.8, 4) is 0 Å². The van der Waals surface area contributed by atoms with E-state index in [0.717, 1.165) is 44.9 Å². The van der Waals surface area contributed by atoms with Crippen LogP contribution < -0.4 is 16.9 Å². The predicted molar refractivity (Wildman–Crippen MR) is 108 cm³/mol. The summed E-state index contributed by atoms with van der Waals surface area (Å²) in [5.41, 5.74) is 13.1. The predicted octanol–water partition coefficient (Wildman–Crippen LogP) is 0.854. The van der Waals surface area contributed by atoms with E-state index in [9.17, 15) is 19.7 Å². The molecular formula is C18H34N6O5. The first-order valence-corrected chi connectivity index (χ1v) is 10.3. The second kappa shape index (κ2) is 13.7. The van der Waals surface area contributed by atoms with Crippen molar-refractivity contribution in [3.05, 3.63) is 10.1 Å². The molecule has 0 spiro atoms. The molecule has 29 heavy (non-hydrogen) atoms. The van der Waals surface area contributed by atoms with E-state index >= 15 is 0 Å².